The van der Waals surface area contributed by atoms with Crippen LogP contribution in [0.1, 0.15) is 77.7 Å². The SMILES string of the molecule is COc1ccc2c(O[C@@H]3C[C@H]4C(=O)N[C@H](C(=O)O)CCC=CCCCCC[C@H](NC(=O)N[C@H](CN5Cc6ccccc6S5(=O)=O)C(C)(C)C)C(=O)N4C3)cc(-c3ccccc3)nc2c1. The van der Waals surface area contributed by atoms with E-state index in [1.54, 1.807) is 37.4 Å². The molecule has 0 bridgehead atoms. The van der Waals surface area contributed by atoms with Crippen molar-refractivity contribution in [1.82, 2.24) is 30.1 Å². The molecule has 0 saturated carbocycles. The fourth-order valence-electron chi connectivity index (χ4n) is 8.54. The smallest absolute Gasteiger partial charge is 0.326 e. The van der Waals surface area contributed by atoms with E-state index in [4.69, 9.17) is 14.5 Å². The van der Waals surface area contributed by atoms with Crippen molar-refractivity contribution in [1.29, 1.82) is 0 Å². The number of aromatic nitrogens is 1. The lowest BCUT2D eigenvalue weighted by Gasteiger charge is -2.35. The lowest BCUT2D eigenvalue weighted by atomic mass is 9.86. The summed E-state index contributed by atoms with van der Waals surface area (Å²) in [6.45, 7) is 5.86. The number of methoxy groups -OCH3 is 1. The molecule has 4 heterocycles. The van der Waals surface area contributed by atoms with Crippen molar-refractivity contribution < 1.29 is 42.2 Å². The minimum absolute atomic E-state index is 0.000648. The van der Waals surface area contributed by atoms with Crippen LogP contribution in [0, 0.1) is 5.41 Å². The van der Waals surface area contributed by atoms with Gasteiger partial charge in [0, 0.05) is 48.6 Å². The lowest BCUT2D eigenvalue weighted by molar-refractivity contribution is -0.144. The molecule has 4 amide bonds. The summed E-state index contributed by atoms with van der Waals surface area (Å²) < 4.78 is 40.6. The number of amides is 4. The van der Waals surface area contributed by atoms with E-state index in [9.17, 15) is 32.7 Å². The molecule has 340 valence electrons. The molecule has 1 fully saturated rings. The maximum Gasteiger partial charge on any atom is 0.326 e. The second-order valence-electron chi connectivity index (χ2n) is 17.8. The molecule has 1 saturated heterocycles. The van der Waals surface area contributed by atoms with E-state index >= 15 is 0 Å². The largest absolute Gasteiger partial charge is 0.497 e. The molecule has 0 aliphatic carbocycles. The minimum atomic E-state index is -3.79. The number of benzene rings is 3. The molecular formula is C48H58N6O9S. The van der Waals surface area contributed by atoms with Gasteiger partial charge in [0.15, 0.2) is 0 Å². The van der Waals surface area contributed by atoms with Crippen LogP contribution in [0.2, 0.25) is 0 Å². The quantitative estimate of drug-likeness (QED) is 0.136. The average Bonchev–Trinajstić information content (AvgIpc) is 3.80. The van der Waals surface area contributed by atoms with Gasteiger partial charge in [0.2, 0.25) is 21.8 Å². The van der Waals surface area contributed by atoms with Crippen LogP contribution in [-0.2, 0) is 31.0 Å². The molecule has 4 aromatic rings. The minimum Gasteiger partial charge on any atom is -0.497 e. The number of carboxylic acids is 1. The van der Waals surface area contributed by atoms with Gasteiger partial charge in [0.25, 0.3) is 0 Å². The molecule has 15 nitrogen and oxygen atoms in total. The second kappa shape index (κ2) is 19.8. The molecule has 0 spiro atoms. The molecule has 0 radical (unpaired) electrons. The molecule has 3 aliphatic rings. The molecular weight excluding hydrogens is 837 g/mol. The van der Waals surface area contributed by atoms with Gasteiger partial charge in [-0.1, -0.05) is 94.3 Å². The first-order valence-electron chi connectivity index (χ1n) is 22.0. The predicted molar refractivity (Wildman–Crippen MR) is 242 cm³/mol. The number of allylic oxidation sites excluding steroid dienone is 2. The summed E-state index contributed by atoms with van der Waals surface area (Å²) in [7, 11) is -2.22. The fraction of sp³-hybridized carbons (Fsp3) is 0.438. The Morgan fingerprint density at radius 1 is 0.953 bits per heavy atom. The van der Waals surface area contributed by atoms with Crippen LogP contribution in [0.5, 0.6) is 11.5 Å². The first-order valence-corrected chi connectivity index (χ1v) is 23.4. The number of rotatable bonds is 9. The van der Waals surface area contributed by atoms with Gasteiger partial charge < -0.3 is 35.4 Å². The number of nitrogens with zero attached hydrogens (tertiary/aromatic N) is 3. The summed E-state index contributed by atoms with van der Waals surface area (Å²) in [4.78, 5) is 62.2. The summed E-state index contributed by atoms with van der Waals surface area (Å²) in [6, 6.07) is 19.0. The lowest BCUT2D eigenvalue weighted by Crippen LogP contribution is -2.59. The Balaban J connectivity index is 1.17. The first kappa shape index (κ1) is 46.0. The third-order valence-electron chi connectivity index (χ3n) is 12.2. The van der Waals surface area contributed by atoms with Crippen LogP contribution in [-0.4, -0.2) is 102 Å². The van der Waals surface area contributed by atoms with E-state index in [-0.39, 0.29) is 43.8 Å². The summed E-state index contributed by atoms with van der Waals surface area (Å²) >= 11 is 0. The van der Waals surface area contributed by atoms with Gasteiger partial charge in [-0.05, 0) is 61.3 Å². The number of sulfonamides is 1. The number of urea groups is 1. The van der Waals surface area contributed by atoms with Gasteiger partial charge in [0.1, 0.15) is 35.7 Å². The molecule has 3 aromatic carbocycles. The predicted octanol–water partition coefficient (Wildman–Crippen LogP) is 6.42. The van der Waals surface area contributed by atoms with Crippen molar-refractivity contribution in [3.63, 3.8) is 0 Å². The van der Waals surface area contributed by atoms with Crippen LogP contribution in [0.4, 0.5) is 4.79 Å². The molecule has 64 heavy (non-hydrogen) atoms. The summed E-state index contributed by atoms with van der Waals surface area (Å²) in [5.74, 6) is -1.26. The van der Waals surface area contributed by atoms with E-state index < -0.39 is 69.5 Å². The average molecular weight is 895 g/mol. The van der Waals surface area contributed by atoms with Gasteiger partial charge >= 0.3 is 12.0 Å². The number of hydrogen-bond acceptors (Lipinski definition) is 9. The molecule has 5 atom stereocenters. The maximum absolute atomic E-state index is 14.9. The third kappa shape index (κ3) is 10.7. The van der Waals surface area contributed by atoms with Crippen LogP contribution in [0.25, 0.3) is 22.2 Å². The molecule has 3 aliphatic heterocycles. The normalized spacial score (nSPS) is 22.5. The zero-order chi connectivity index (χ0) is 45.6. The Kier molecular flexibility index (Phi) is 14.2. The van der Waals surface area contributed by atoms with Crippen molar-refractivity contribution in [2.24, 2.45) is 5.41 Å². The highest BCUT2D eigenvalue weighted by atomic mass is 32.2. The van der Waals surface area contributed by atoms with Gasteiger partial charge in [-0.15, -0.1) is 0 Å². The van der Waals surface area contributed by atoms with Crippen LogP contribution in [0.3, 0.4) is 0 Å². The molecule has 0 unspecified atom stereocenters. The molecule has 16 heteroatoms. The van der Waals surface area contributed by atoms with Gasteiger partial charge in [-0.3, -0.25) is 9.59 Å². The third-order valence-corrected chi connectivity index (χ3v) is 14.1. The number of nitrogens with one attached hydrogen (secondary N) is 3. The van der Waals surface area contributed by atoms with E-state index in [1.165, 1.54) is 9.21 Å². The molecule has 1 aromatic heterocycles. The van der Waals surface area contributed by atoms with Gasteiger partial charge in [-0.25, -0.2) is 23.0 Å². The maximum atomic E-state index is 14.9. The monoisotopic (exact) mass is 894 g/mol. The van der Waals surface area contributed by atoms with E-state index in [1.807, 2.05) is 81.5 Å². The Labute approximate surface area is 374 Å². The number of carbonyl (C=O) groups excluding carboxylic acids is 3. The highest BCUT2D eigenvalue weighted by Gasteiger charge is 2.45. The van der Waals surface area contributed by atoms with Crippen LogP contribution < -0.4 is 25.4 Å². The summed E-state index contributed by atoms with van der Waals surface area (Å²) in [5, 5.41) is 19.4. The second-order valence-corrected chi connectivity index (χ2v) is 19.7. The number of carbonyl (C=O) groups is 4. The number of ether oxygens (including phenoxy) is 2. The number of hydrogen-bond donors (Lipinski definition) is 4. The number of carboxylic acid groups (broad SMARTS) is 1. The van der Waals surface area contributed by atoms with Crippen molar-refractivity contribution in [3.8, 4) is 22.8 Å². The highest BCUT2D eigenvalue weighted by molar-refractivity contribution is 7.89. The Hall–Kier alpha value is -6.00. The Morgan fingerprint density at radius 3 is 2.44 bits per heavy atom. The standard InChI is InChI=1S/C48H58N6O9S/c1-48(2,3)43(30-53-28-32-19-15-16-22-42(32)64(53,60)61)52-47(59)51-36-20-13-8-6-5-7-9-14-21-37(46(57)58)50-44(55)40-26-34(29-54(40)45(36)56)63-41-27-38(31-17-11-10-12-18-31)49-39-25-33(62-4)23-24-35(39)41/h7,9-12,15-19,22-25,27,34,36-37,40,43H,5-6,8,13-14,20-21,26,28-30H2,1-4H3,(H,50,55)(H,57,58)(H2,51,52,59)/t34-,36+,37+,40+,43-/m1/s1. The Morgan fingerprint density at radius 2 is 1.70 bits per heavy atom. The molecule has 7 rings (SSSR count). The topological polar surface area (TPSA) is 197 Å². The van der Waals surface area contributed by atoms with Crippen molar-refractivity contribution in [3.05, 3.63) is 96.6 Å². The zero-order valence-corrected chi connectivity index (χ0v) is 37.6. The van der Waals surface area contributed by atoms with E-state index in [0.29, 0.717) is 46.5 Å². The van der Waals surface area contributed by atoms with Crippen LogP contribution in [0.15, 0.2) is 95.9 Å². The van der Waals surface area contributed by atoms with Crippen molar-refractivity contribution >= 4 is 44.7 Å². The summed E-state index contributed by atoms with van der Waals surface area (Å²) in [5.41, 5.74) is 2.20. The van der Waals surface area contributed by atoms with Crippen molar-refractivity contribution in [2.75, 3.05) is 20.2 Å². The summed E-state index contributed by atoms with van der Waals surface area (Å²) in [6.07, 6.45) is 7.05. The number of aliphatic carboxylic acids is 1. The van der Waals surface area contributed by atoms with Crippen LogP contribution >= 0.6 is 0 Å². The highest BCUT2D eigenvalue weighted by Crippen LogP contribution is 2.36. The zero-order valence-electron chi connectivity index (χ0n) is 36.8. The van der Waals surface area contributed by atoms with Gasteiger partial charge in [-0.2, -0.15) is 4.31 Å². The number of pyridine rings is 1. The fourth-order valence-corrected chi connectivity index (χ4v) is 10.2. The van der Waals surface area contributed by atoms with Crippen molar-refractivity contribution in [2.45, 2.75) is 114 Å². The van der Waals surface area contributed by atoms with Gasteiger partial charge in [0.05, 0.1) is 29.8 Å². The van der Waals surface area contributed by atoms with E-state index in [0.717, 1.165) is 24.8 Å². The number of fused-ring (bicyclic) bond motifs is 3. The first-order chi connectivity index (χ1) is 30.6. The van der Waals surface area contributed by atoms with E-state index in [2.05, 4.69) is 16.0 Å². The molecule has 4 N–H and O–H groups in total. The Bertz CT molecular complexity index is 2490.